The lowest BCUT2D eigenvalue weighted by Gasteiger charge is -2.07. The lowest BCUT2D eigenvalue weighted by molar-refractivity contribution is 0.788. The summed E-state index contributed by atoms with van der Waals surface area (Å²) in [6, 6.07) is 10.8. The van der Waals surface area contributed by atoms with E-state index in [4.69, 9.17) is 18.0 Å². The molecular formula is C13H12N2OS. The molecule has 0 bridgehead atoms. The number of thiocarbonyl (C=S) groups is 1. The number of rotatable bonds is 3. The SMILES string of the molecule is NC(=S)c1cccc(Cn2ccc(=O)cc2)c1. The van der Waals surface area contributed by atoms with Crippen LogP contribution in [0.25, 0.3) is 0 Å². The Hall–Kier alpha value is -1.94. The van der Waals surface area contributed by atoms with E-state index in [1.807, 2.05) is 28.8 Å². The fourth-order valence-electron chi connectivity index (χ4n) is 1.58. The van der Waals surface area contributed by atoms with Crippen molar-refractivity contribution in [3.05, 3.63) is 70.1 Å². The van der Waals surface area contributed by atoms with Crippen molar-refractivity contribution in [2.45, 2.75) is 6.54 Å². The van der Waals surface area contributed by atoms with E-state index >= 15 is 0 Å². The Morgan fingerprint density at radius 1 is 1.24 bits per heavy atom. The van der Waals surface area contributed by atoms with Crippen molar-refractivity contribution < 1.29 is 0 Å². The molecule has 0 aliphatic heterocycles. The van der Waals surface area contributed by atoms with Gasteiger partial charge < -0.3 is 10.3 Å². The number of aromatic nitrogens is 1. The van der Waals surface area contributed by atoms with Crippen molar-refractivity contribution in [3.63, 3.8) is 0 Å². The second-order valence-electron chi connectivity index (χ2n) is 3.77. The van der Waals surface area contributed by atoms with Crippen molar-refractivity contribution in [2.24, 2.45) is 5.73 Å². The van der Waals surface area contributed by atoms with E-state index in [-0.39, 0.29) is 5.43 Å². The average Bonchev–Trinajstić information content (AvgIpc) is 2.32. The normalized spacial score (nSPS) is 10.1. The zero-order valence-electron chi connectivity index (χ0n) is 9.17. The number of benzene rings is 1. The largest absolute Gasteiger partial charge is 0.389 e. The molecule has 0 radical (unpaired) electrons. The van der Waals surface area contributed by atoms with E-state index in [0.29, 0.717) is 11.5 Å². The molecule has 0 saturated heterocycles. The van der Waals surface area contributed by atoms with Crippen molar-refractivity contribution in [3.8, 4) is 0 Å². The van der Waals surface area contributed by atoms with Crippen LogP contribution >= 0.6 is 12.2 Å². The van der Waals surface area contributed by atoms with Gasteiger partial charge in [0, 0.05) is 36.6 Å². The van der Waals surface area contributed by atoms with Gasteiger partial charge in [0.25, 0.3) is 0 Å². The minimum atomic E-state index is 0.0122. The molecule has 17 heavy (non-hydrogen) atoms. The zero-order valence-corrected chi connectivity index (χ0v) is 9.98. The standard InChI is InChI=1S/C13H12N2OS/c14-13(17)11-3-1-2-10(8-11)9-15-6-4-12(16)5-7-15/h1-8H,9H2,(H2,14,17). The molecular weight excluding hydrogens is 232 g/mol. The summed E-state index contributed by atoms with van der Waals surface area (Å²) in [6.45, 7) is 0.691. The highest BCUT2D eigenvalue weighted by Gasteiger charge is 1.98. The van der Waals surface area contributed by atoms with Crippen LogP contribution in [0.1, 0.15) is 11.1 Å². The van der Waals surface area contributed by atoms with Crippen molar-refractivity contribution in [1.29, 1.82) is 0 Å². The topological polar surface area (TPSA) is 48.0 Å². The predicted octanol–water partition coefficient (Wildman–Crippen LogP) is 1.53. The molecule has 0 amide bonds. The summed E-state index contributed by atoms with van der Waals surface area (Å²) in [7, 11) is 0. The van der Waals surface area contributed by atoms with Crippen LogP contribution in [0.15, 0.2) is 53.6 Å². The van der Waals surface area contributed by atoms with Gasteiger partial charge in [0.2, 0.25) is 0 Å². The molecule has 2 rings (SSSR count). The molecule has 0 spiro atoms. The van der Waals surface area contributed by atoms with Crippen LogP contribution in [0.5, 0.6) is 0 Å². The van der Waals surface area contributed by atoms with Crippen LogP contribution in [0.4, 0.5) is 0 Å². The van der Waals surface area contributed by atoms with E-state index in [1.54, 1.807) is 12.4 Å². The lowest BCUT2D eigenvalue weighted by atomic mass is 10.1. The van der Waals surface area contributed by atoms with E-state index in [9.17, 15) is 4.79 Å². The Bertz CT molecular complexity index is 584. The van der Waals surface area contributed by atoms with Crippen molar-refractivity contribution in [1.82, 2.24) is 4.57 Å². The monoisotopic (exact) mass is 244 g/mol. The Labute approximate surface area is 105 Å². The summed E-state index contributed by atoms with van der Waals surface area (Å²) >= 11 is 4.93. The van der Waals surface area contributed by atoms with Crippen molar-refractivity contribution >= 4 is 17.2 Å². The molecule has 86 valence electrons. The lowest BCUT2D eigenvalue weighted by Crippen LogP contribution is -2.10. The molecule has 0 unspecified atom stereocenters. The maximum atomic E-state index is 11.0. The molecule has 3 nitrogen and oxygen atoms in total. The third-order valence-electron chi connectivity index (χ3n) is 2.44. The van der Waals surface area contributed by atoms with Gasteiger partial charge in [-0.1, -0.05) is 30.4 Å². The summed E-state index contributed by atoms with van der Waals surface area (Å²) in [5, 5.41) is 0. The fourth-order valence-corrected chi connectivity index (χ4v) is 1.71. The second-order valence-corrected chi connectivity index (χ2v) is 4.21. The first-order chi connectivity index (χ1) is 8.15. The van der Waals surface area contributed by atoms with Gasteiger partial charge in [-0.15, -0.1) is 0 Å². The van der Waals surface area contributed by atoms with Crippen LogP contribution in [0, 0.1) is 0 Å². The maximum absolute atomic E-state index is 11.0. The van der Waals surface area contributed by atoms with Gasteiger partial charge >= 0.3 is 0 Å². The van der Waals surface area contributed by atoms with E-state index < -0.39 is 0 Å². The van der Waals surface area contributed by atoms with E-state index in [1.165, 1.54) is 12.1 Å². The number of hydrogen-bond donors (Lipinski definition) is 1. The molecule has 4 heteroatoms. The summed E-state index contributed by atoms with van der Waals surface area (Å²) < 4.78 is 1.93. The number of nitrogens with two attached hydrogens (primary N) is 1. The summed E-state index contributed by atoms with van der Waals surface area (Å²) in [5.41, 5.74) is 7.55. The highest BCUT2D eigenvalue weighted by atomic mass is 32.1. The molecule has 1 aromatic heterocycles. The van der Waals surface area contributed by atoms with Crippen LogP contribution in [-0.4, -0.2) is 9.56 Å². The Morgan fingerprint density at radius 3 is 2.59 bits per heavy atom. The van der Waals surface area contributed by atoms with Gasteiger partial charge in [-0.3, -0.25) is 4.79 Å². The Morgan fingerprint density at radius 2 is 1.94 bits per heavy atom. The van der Waals surface area contributed by atoms with Gasteiger partial charge in [0.1, 0.15) is 4.99 Å². The van der Waals surface area contributed by atoms with E-state index in [0.717, 1.165) is 11.1 Å². The second kappa shape index (κ2) is 4.93. The minimum absolute atomic E-state index is 0.0122. The third-order valence-corrected chi connectivity index (χ3v) is 2.67. The highest BCUT2D eigenvalue weighted by molar-refractivity contribution is 7.80. The zero-order chi connectivity index (χ0) is 12.3. The molecule has 2 aromatic rings. The van der Waals surface area contributed by atoms with Crippen LogP contribution in [0.2, 0.25) is 0 Å². The first-order valence-electron chi connectivity index (χ1n) is 5.20. The Kier molecular flexibility index (Phi) is 3.35. The first-order valence-corrected chi connectivity index (χ1v) is 5.61. The first kappa shape index (κ1) is 11.5. The molecule has 0 aliphatic carbocycles. The van der Waals surface area contributed by atoms with Gasteiger partial charge in [-0.2, -0.15) is 0 Å². The molecule has 1 heterocycles. The number of pyridine rings is 1. The number of hydrogen-bond acceptors (Lipinski definition) is 2. The average molecular weight is 244 g/mol. The fraction of sp³-hybridized carbons (Fsp3) is 0.0769. The van der Waals surface area contributed by atoms with Gasteiger partial charge in [0.05, 0.1) is 0 Å². The van der Waals surface area contributed by atoms with Gasteiger partial charge in [-0.05, 0) is 11.6 Å². The number of nitrogens with zero attached hydrogens (tertiary/aromatic N) is 1. The maximum Gasteiger partial charge on any atom is 0.181 e. The highest BCUT2D eigenvalue weighted by Crippen LogP contribution is 2.06. The molecule has 0 saturated carbocycles. The molecule has 0 fully saturated rings. The smallest absolute Gasteiger partial charge is 0.181 e. The van der Waals surface area contributed by atoms with E-state index in [2.05, 4.69) is 0 Å². The van der Waals surface area contributed by atoms with Crippen LogP contribution in [-0.2, 0) is 6.54 Å². The summed E-state index contributed by atoms with van der Waals surface area (Å²) in [5.74, 6) is 0. The third kappa shape index (κ3) is 3.01. The molecule has 0 atom stereocenters. The van der Waals surface area contributed by atoms with Gasteiger partial charge in [0.15, 0.2) is 5.43 Å². The molecule has 0 aliphatic rings. The summed E-state index contributed by atoms with van der Waals surface area (Å²) in [4.78, 5) is 11.4. The summed E-state index contributed by atoms with van der Waals surface area (Å²) in [6.07, 6.45) is 3.52. The molecule has 1 aromatic carbocycles. The Balaban J connectivity index is 2.24. The van der Waals surface area contributed by atoms with Crippen molar-refractivity contribution in [2.75, 3.05) is 0 Å². The minimum Gasteiger partial charge on any atom is -0.389 e. The van der Waals surface area contributed by atoms with Crippen LogP contribution in [0.3, 0.4) is 0 Å². The van der Waals surface area contributed by atoms with Crippen LogP contribution < -0.4 is 11.2 Å². The quantitative estimate of drug-likeness (QED) is 0.833. The molecule has 2 N–H and O–H groups in total. The van der Waals surface area contributed by atoms with Gasteiger partial charge in [-0.25, -0.2) is 0 Å². The predicted molar refractivity (Wildman–Crippen MR) is 72.1 cm³/mol.